The Morgan fingerprint density at radius 1 is 1.40 bits per heavy atom. The van der Waals surface area contributed by atoms with Gasteiger partial charge in [0.15, 0.2) is 0 Å². The largest absolute Gasteiger partial charge is 0.444 e. The van der Waals surface area contributed by atoms with Crippen LogP contribution in [0.3, 0.4) is 0 Å². The predicted molar refractivity (Wildman–Crippen MR) is 78.9 cm³/mol. The molecule has 6 heteroatoms. The highest BCUT2D eigenvalue weighted by atomic mass is 35.5. The van der Waals surface area contributed by atoms with Gasteiger partial charge in [-0.2, -0.15) is 0 Å². The number of hydrogen-bond donors (Lipinski definition) is 0. The van der Waals surface area contributed by atoms with Gasteiger partial charge in [-0.05, 0) is 40.5 Å². The predicted octanol–water partition coefficient (Wildman–Crippen LogP) is 2.47. The van der Waals surface area contributed by atoms with E-state index >= 15 is 0 Å². The Labute approximate surface area is 126 Å². The quantitative estimate of drug-likeness (QED) is 0.753. The first-order chi connectivity index (χ1) is 9.28. The van der Waals surface area contributed by atoms with Crippen LogP contribution in [0.25, 0.3) is 0 Å². The highest BCUT2D eigenvalue weighted by Crippen LogP contribution is 2.19. The van der Waals surface area contributed by atoms with Crippen LogP contribution in [-0.2, 0) is 9.53 Å². The number of amides is 2. The summed E-state index contributed by atoms with van der Waals surface area (Å²) in [5.41, 5.74) is -0.500. The Morgan fingerprint density at radius 3 is 2.55 bits per heavy atom. The minimum atomic E-state index is -0.500. The maximum Gasteiger partial charge on any atom is 0.410 e. The van der Waals surface area contributed by atoms with Crippen molar-refractivity contribution in [2.45, 2.75) is 52.2 Å². The Kier molecular flexibility index (Phi) is 6.11. The molecule has 0 aromatic heterocycles. The van der Waals surface area contributed by atoms with Crippen LogP contribution in [0.5, 0.6) is 0 Å². The topological polar surface area (TPSA) is 49.9 Å². The van der Waals surface area contributed by atoms with E-state index in [1.165, 1.54) is 0 Å². The molecule has 5 nitrogen and oxygen atoms in total. The van der Waals surface area contributed by atoms with Gasteiger partial charge in [0.25, 0.3) is 0 Å². The van der Waals surface area contributed by atoms with E-state index in [1.54, 1.807) is 9.80 Å². The van der Waals surface area contributed by atoms with Gasteiger partial charge in [0.2, 0.25) is 5.91 Å². The fourth-order valence-corrected chi connectivity index (χ4v) is 2.57. The molecule has 0 aliphatic carbocycles. The molecule has 0 saturated carbocycles. The normalized spacial score (nSPS) is 19.6. The first kappa shape index (κ1) is 17.1. The number of ether oxygens (including phenoxy) is 1. The molecule has 1 fully saturated rings. The highest BCUT2D eigenvalue weighted by molar-refractivity contribution is 6.27. The maximum absolute atomic E-state index is 12.1. The third kappa shape index (κ3) is 4.85. The van der Waals surface area contributed by atoms with E-state index in [2.05, 4.69) is 0 Å². The lowest BCUT2D eigenvalue weighted by Gasteiger charge is -2.39. The number of carbonyl (C=O) groups is 2. The van der Waals surface area contributed by atoms with E-state index in [1.807, 2.05) is 27.7 Å². The van der Waals surface area contributed by atoms with Gasteiger partial charge in [0.1, 0.15) is 11.5 Å². The molecule has 0 radical (unpaired) electrons. The lowest BCUT2D eigenvalue weighted by Crippen LogP contribution is -2.52. The number of alkyl halides is 1. The number of piperidine rings is 1. The van der Waals surface area contributed by atoms with E-state index < -0.39 is 5.60 Å². The average molecular weight is 305 g/mol. The van der Waals surface area contributed by atoms with Crippen molar-refractivity contribution in [1.82, 2.24) is 9.80 Å². The summed E-state index contributed by atoms with van der Waals surface area (Å²) < 4.78 is 5.38. The number of rotatable bonds is 3. The minimum absolute atomic E-state index is 0.0171. The van der Waals surface area contributed by atoms with Crippen LogP contribution in [0, 0.1) is 0 Å². The second kappa shape index (κ2) is 7.16. The number of likely N-dealkylation sites (N-methyl/N-ethyl adjacent to an activating group) is 1. The zero-order chi connectivity index (χ0) is 15.3. The summed E-state index contributed by atoms with van der Waals surface area (Å²) >= 11 is 5.63. The lowest BCUT2D eigenvalue weighted by atomic mass is 10.0. The molecule has 116 valence electrons. The molecule has 1 rings (SSSR count). The summed E-state index contributed by atoms with van der Waals surface area (Å²) in [6.07, 6.45) is 1.46. The molecule has 1 saturated heterocycles. The molecular formula is C14H25ClN2O3. The fourth-order valence-electron chi connectivity index (χ4n) is 2.42. The summed E-state index contributed by atoms with van der Waals surface area (Å²) in [5.74, 6) is -0.0956. The van der Waals surface area contributed by atoms with Crippen molar-refractivity contribution in [1.29, 1.82) is 0 Å². The molecular weight excluding hydrogens is 280 g/mol. The zero-order valence-corrected chi connectivity index (χ0v) is 13.6. The maximum atomic E-state index is 12.1. The van der Waals surface area contributed by atoms with E-state index in [-0.39, 0.29) is 23.9 Å². The molecule has 20 heavy (non-hydrogen) atoms. The molecule has 2 amide bonds. The summed E-state index contributed by atoms with van der Waals surface area (Å²) in [4.78, 5) is 27.3. The molecule has 0 aromatic rings. The number of likely N-dealkylation sites (tertiary alicyclic amines) is 1. The molecule has 1 aliphatic heterocycles. The van der Waals surface area contributed by atoms with Crippen LogP contribution in [0.1, 0.15) is 40.5 Å². The van der Waals surface area contributed by atoms with Gasteiger partial charge in [0.05, 0.1) is 0 Å². The summed E-state index contributed by atoms with van der Waals surface area (Å²) in [7, 11) is 0. The van der Waals surface area contributed by atoms with Crippen molar-refractivity contribution in [3.63, 3.8) is 0 Å². The first-order valence-electron chi connectivity index (χ1n) is 7.12. The van der Waals surface area contributed by atoms with Crippen LogP contribution in [0.4, 0.5) is 4.79 Å². The number of halogens is 1. The van der Waals surface area contributed by atoms with Crippen LogP contribution in [-0.4, -0.2) is 59.0 Å². The molecule has 1 unspecified atom stereocenters. The standard InChI is InChI=1S/C14H25ClN2O3/c1-5-17(12(18)9-15)11-7-6-8-16(10-11)13(19)20-14(2,3)4/h11H,5-10H2,1-4H3. The first-order valence-corrected chi connectivity index (χ1v) is 7.65. The highest BCUT2D eigenvalue weighted by Gasteiger charge is 2.31. The molecule has 1 aliphatic rings. The average Bonchev–Trinajstić information content (AvgIpc) is 2.37. The molecule has 1 heterocycles. The van der Waals surface area contributed by atoms with E-state index in [4.69, 9.17) is 16.3 Å². The van der Waals surface area contributed by atoms with Gasteiger partial charge in [-0.25, -0.2) is 4.79 Å². The Bertz CT molecular complexity index is 355. The van der Waals surface area contributed by atoms with Gasteiger partial charge in [0, 0.05) is 25.7 Å². The fraction of sp³-hybridized carbons (Fsp3) is 0.857. The number of hydrogen-bond acceptors (Lipinski definition) is 3. The molecule has 0 bridgehead atoms. The van der Waals surface area contributed by atoms with Gasteiger partial charge < -0.3 is 14.5 Å². The van der Waals surface area contributed by atoms with Crippen LogP contribution < -0.4 is 0 Å². The Balaban J connectivity index is 2.66. The summed E-state index contributed by atoms with van der Waals surface area (Å²) in [5, 5.41) is 0. The van der Waals surface area contributed by atoms with Crippen LogP contribution in [0.2, 0.25) is 0 Å². The molecule has 0 N–H and O–H groups in total. The van der Waals surface area contributed by atoms with Crippen molar-refractivity contribution in [2.75, 3.05) is 25.5 Å². The monoisotopic (exact) mass is 304 g/mol. The van der Waals surface area contributed by atoms with Gasteiger partial charge >= 0.3 is 6.09 Å². The van der Waals surface area contributed by atoms with Crippen LogP contribution in [0.15, 0.2) is 0 Å². The smallest absolute Gasteiger partial charge is 0.410 e. The third-order valence-electron chi connectivity index (χ3n) is 3.26. The number of carbonyl (C=O) groups excluding carboxylic acids is 2. The summed E-state index contributed by atoms with van der Waals surface area (Å²) in [6.45, 7) is 9.28. The zero-order valence-electron chi connectivity index (χ0n) is 12.8. The van der Waals surface area contributed by atoms with Crippen LogP contribution >= 0.6 is 11.6 Å². The van der Waals surface area contributed by atoms with Gasteiger partial charge in [-0.3, -0.25) is 4.79 Å². The molecule has 1 atom stereocenters. The van der Waals surface area contributed by atoms with E-state index in [0.29, 0.717) is 19.6 Å². The van der Waals surface area contributed by atoms with Crippen molar-refractivity contribution < 1.29 is 14.3 Å². The van der Waals surface area contributed by atoms with Crippen molar-refractivity contribution in [3.8, 4) is 0 Å². The number of nitrogens with zero attached hydrogens (tertiary/aromatic N) is 2. The van der Waals surface area contributed by atoms with Gasteiger partial charge in [-0.1, -0.05) is 0 Å². The van der Waals surface area contributed by atoms with Crippen molar-refractivity contribution in [2.24, 2.45) is 0 Å². The Hall–Kier alpha value is -0.970. The van der Waals surface area contributed by atoms with Crippen molar-refractivity contribution in [3.05, 3.63) is 0 Å². The van der Waals surface area contributed by atoms with E-state index in [0.717, 1.165) is 12.8 Å². The second-order valence-electron chi connectivity index (χ2n) is 6.04. The second-order valence-corrected chi connectivity index (χ2v) is 6.30. The van der Waals surface area contributed by atoms with Gasteiger partial charge in [-0.15, -0.1) is 11.6 Å². The Morgan fingerprint density at radius 2 is 2.05 bits per heavy atom. The molecule has 0 aromatic carbocycles. The SMILES string of the molecule is CCN(C(=O)CCl)C1CCCN(C(=O)OC(C)(C)C)C1. The third-order valence-corrected chi connectivity index (χ3v) is 3.49. The summed E-state index contributed by atoms with van der Waals surface area (Å²) in [6, 6.07) is 0.0347. The van der Waals surface area contributed by atoms with Crippen molar-refractivity contribution >= 4 is 23.6 Å². The molecule has 0 spiro atoms. The van der Waals surface area contributed by atoms with E-state index in [9.17, 15) is 9.59 Å². The lowest BCUT2D eigenvalue weighted by molar-refractivity contribution is -0.131. The minimum Gasteiger partial charge on any atom is -0.444 e.